The third-order valence-corrected chi connectivity index (χ3v) is 4.38. The number of nitrogens with zero attached hydrogens (tertiary/aromatic N) is 2. The summed E-state index contributed by atoms with van der Waals surface area (Å²) in [4.78, 5) is 13.3. The largest absolute Gasteiger partial charge is 0.496 e. The van der Waals surface area contributed by atoms with Crippen molar-refractivity contribution < 1.29 is 9.66 Å². The van der Waals surface area contributed by atoms with Gasteiger partial charge in [-0.25, -0.2) is 0 Å². The van der Waals surface area contributed by atoms with Crippen LogP contribution in [0.15, 0.2) is 18.2 Å². The van der Waals surface area contributed by atoms with Gasteiger partial charge in [-0.1, -0.05) is 0 Å². The molecule has 2 heterocycles. The monoisotopic (exact) mass is 277 g/mol. The van der Waals surface area contributed by atoms with Gasteiger partial charge >= 0.3 is 0 Å². The lowest BCUT2D eigenvalue weighted by Crippen LogP contribution is -2.39. The molecule has 20 heavy (non-hydrogen) atoms. The number of nitrogens with one attached hydrogen (secondary N) is 1. The first-order valence-electron chi connectivity index (χ1n) is 6.98. The van der Waals surface area contributed by atoms with Gasteiger partial charge in [-0.3, -0.25) is 10.1 Å². The van der Waals surface area contributed by atoms with Crippen molar-refractivity contribution in [2.24, 2.45) is 5.92 Å². The third kappa shape index (κ3) is 2.43. The van der Waals surface area contributed by atoms with Gasteiger partial charge in [0.1, 0.15) is 11.4 Å². The van der Waals surface area contributed by atoms with Crippen LogP contribution in [0, 0.1) is 16.0 Å². The topological polar surface area (TPSA) is 67.6 Å². The zero-order chi connectivity index (χ0) is 14.1. The van der Waals surface area contributed by atoms with E-state index in [0.717, 1.165) is 26.1 Å². The maximum absolute atomic E-state index is 11.2. The summed E-state index contributed by atoms with van der Waals surface area (Å²) < 4.78 is 5.06. The highest BCUT2D eigenvalue weighted by molar-refractivity contribution is 5.64. The van der Waals surface area contributed by atoms with Crippen LogP contribution in [0.1, 0.15) is 12.8 Å². The zero-order valence-electron chi connectivity index (χ0n) is 11.5. The maximum atomic E-state index is 11.2. The molecule has 6 nitrogen and oxygen atoms in total. The van der Waals surface area contributed by atoms with E-state index >= 15 is 0 Å². The fourth-order valence-corrected chi connectivity index (χ4v) is 3.25. The molecule has 2 fully saturated rings. The van der Waals surface area contributed by atoms with E-state index in [4.69, 9.17) is 4.74 Å². The fraction of sp³-hybridized carbons (Fsp3) is 0.571. The maximum Gasteiger partial charge on any atom is 0.296 e. The van der Waals surface area contributed by atoms with Gasteiger partial charge in [0.05, 0.1) is 18.1 Å². The van der Waals surface area contributed by atoms with Crippen LogP contribution in [0.4, 0.5) is 11.4 Å². The van der Waals surface area contributed by atoms with Crippen molar-refractivity contribution in [2.75, 3.05) is 32.1 Å². The van der Waals surface area contributed by atoms with Crippen LogP contribution >= 0.6 is 0 Å². The highest BCUT2D eigenvalue weighted by Crippen LogP contribution is 2.34. The molecule has 3 rings (SSSR count). The first-order valence-corrected chi connectivity index (χ1v) is 6.98. The summed E-state index contributed by atoms with van der Waals surface area (Å²) in [5, 5.41) is 14.6. The van der Waals surface area contributed by atoms with Crippen molar-refractivity contribution >= 4 is 11.4 Å². The number of piperidine rings is 1. The molecule has 6 heteroatoms. The number of anilines is 1. The standard InChI is InChI=1S/C14H19N3O3/c1-20-11-2-3-13(14(8-11)17(18)19)15-12-5-7-16-6-4-10(12)9-16/h2-3,8,10,12,15H,4-7,9H2,1H3. The summed E-state index contributed by atoms with van der Waals surface area (Å²) in [6.45, 7) is 3.35. The molecule has 1 N–H and O–H groups in total. The molecular weight excluding hydrogens is 258 g/mol. The van der Waals surface area contributed by atoms with Crippen LogP contribution in [0.3, 0.4) is 0 Å². The lowest BCUT2D eigenvalue weighted by Gasteiger charge is -2.31. The van der Waals surface area contributed by atoms with Gasteiger partial charge in [-0.05, 0) is 37.4 Å². The predicted octanol–water partition coefficient (Wildman–Crippen LogP) is 2.11. The number of hydrogen-bond acceptors (Lipinski definition) is 5. The number of benzene rings is 1. The molecule has 0 saturated carbocycles. The summed E-state index contributed by atoms with van der Waals surface area (Å²) in [6, 6.07) is 5.32. The van der Waals surface area contributed by atoms with Crippen molar-refractivity contribution in [1.29, 1.82) is 0 Å². The molecule has 2 aliphatic rings. The molecule has 0 radical (unpaired) electrons. The Morgan fingerprint density at radius 2 is 2.20 bits per heavy atom. The average molecular weight is 277 g/mol. The molecule has 2 aliphatic heterocycles. The number of rotatable bonds is 4. The second-order valence-corrected chi connectivity index (χ2v) is 5.53. The van der Waals surface area contributed by atoms with Crippen molar-refractivity contribution in [2.45, 2.75) is 18.9 Å². The van der Waals surface area contributed by atoms with Crippen LogP contribution in [-0.2, 0) is 0 Å². The number of methoxy groups -OCH3 is 1. The van der Waals surface area contributed by atoms with E-state index in [-0.39, 0.29) is 10.6 Å². The van der Waals surface area contributed by atoms with E-state index in [1.807, 2.05) is 0 Å². The van der Waals surface area contributed by atoms with Gasteiger partial charge in [-0.2, -0.15) is 0 Å². The molecule has 2 bridgehead atoms. The van der Waals surface area contributed by atoms with E-state index in [9.17, 15) is 10.1 Å². The molecule has 0 amide bonds. The molecule has 108 valence electrons. The summed E-state index contributed by atoms with van der Waals surface area (Å²) in [5.41, 5.74) is 0.686. The molecule has 0 aromatic heterocycles. The average Bonchev–Trinajstić information content (AvgIpc) is 2.85. The van der Waals surface area contributed by atoms with Gasteiger partial charge in [0.25, 0.3) is 5.69 Å². The normalized spacial score (nSPS) is 28.1. The van der Waals surface area contributed by atoms with Crippen LogP contribution in [0.2, 0.25) is 0 Å². The Balaban J connectivity index is 1.81. The van der Waals surface area contributed by atoms with Gasteiger partial charge in [-0.15, -0.1) is 0 Å². The second-order valence-electron chi connectivity index (χ2n) is 5.53. The minimum absolute atomic E-state index is 0.0878. The number of hydrogen-bond donors (Lipinski definition) is 1. The first kappa shape index (κ1) is 13.2. The van der Waals surface area contributed by atoms with Gasteiger partial charge in [0.15, 0.2) is 0 Å². The van der Waals surface area contributed by atoms with E-state index < -0.39 is 0 Å². The highest BCUT2D eigenvalue weighted by atomic mass is 16.6. The van der Waals surface area contributed by atoms with Crippen molar-refractivity contribution in [3.05, 3.63) is 28.3 Å². The molecule has 0 spiro atoms. The predicted molar refractivity (Wildman–Crippen MR) is 76.2 cm³/mol. The summed E-state index contributed by atoms with van der Waals surface area (Å²) >= 11 is 0. The Bertz CT molecular complexity index is 520. The molecule has 3 atom stereocenters. The van der Waals surface area contributed by atoms with E-state index in [2.05, 4.69) is 10.2 Å². The molecule has 2 saturated heterocycles. The lowest BCUT2D eigenvalue weighted by molar-refractivity contribution is -0.384. The Labute approximate surface area is 117 Å². The minimum atomic E-state index is -0.353. The smallest absolute Gasteiger partial charge is 0.296 e. The van der Waals surface area contributed by atoms with Gasteiger partial charge in [0.2, 0.25) is 0 Å². The van der Waals surface area contributed by atoms with Crippen LogP contribution in [-0.4, -0.2) is 42.6 Å². The van der Waals surface area contributed by atoms with Crippen molar-refractivity contribution in [3.8, 4) is 5.75 Å². The first-order chi connectivity index (χ1) is 9.67. The van der Waals surface area contributed by atoms with Crippen molar-refractivity contribution in [3.63, 3.8) is 0 Å². The number of nitro groups is 1. The summed E-state index contributed by atoms with van der Waals surface area (Å²) in [7, 11) is 1.51. The van der Waals surface area contributed by atoms with E-state index in [0.29, 0.717) is 23.4 Å². The zero-order valence-corrected chi connectivity index (χ0v) is 11.5. The number of fused-ring (bicyclic) bond motifs is 2. The SMILES string of the molecule is COc1ccc(NC2CCN3CCC2C3)c([N+](=O)[O-])c1. The molecule has 0 aliphatic carbocycles. The highest BCUT2D eigenvalue weighted by Gasteiger charge is 2.35. The van der Waals surface area contributed by atoms with Crippen molar-refractivity contribution in [1.82, 2.24) is 4.90 Å². The Kier molecular flexibility index (Phi) is 3.48. The third-order valence-electron chi connectivity index (χ3n) is 4.38. The van der Waals surface area contributed by atoms with Gasteiger partial charge < -0.3 is 15.0 Å². The molecular formula is C14H19N3O3. The van der Waals surface area contributed by atoms with E-state index in [1.165, 1.54) is 19.6 Å². The number of ether oxygens (including phenoxy) is 1. The fourth-order valence-electron chi connectivity index (χ4n) is 3.25. The van der Waals surface area contributed by atoms with Crippen LogP contribution < -0.4 is 10.1 Å². The van der Waals surface area contributed by atoms with E-state index in [1.54, 1.807) is 12.1 Å². The van der Waals surface area contributed by atoms with Gasteiger partial charge in [0, 0.05) is 19.1 Å². The minimum Gasteiger partial charge on any atom is -0.496 e. The lowest BCUT2D eigenvalue weighted by atomic mass is 9.94. The molecule has 1 aromatic rings. The second kappa shape index (κ2) is 5.28. The van der Waals surface area contributed by atoms with Crippen LogP contribution in [0.25, 0.3) is 0 Å². The Morgan fingerprint density at radius 3 is 2.95 bits per heavy atom. The Hall–Kier alpha value is -1.82. The number of nitro benzene ring substituents is 1. The quantitative estimate of drug-likeness (QED) is 0.674. The molecule has 3 unspecified atom stereocenters. The summed E-state index contributed by atoms with van der Waals surface area (Å²) in [5.74, 6) is 1.11. The summed E-state index contributed by atoms with van der Waals surface area (Å²) in [6.07, 6.45) is 2.23. The molecule has 1 aromatic carbocycles. The Morgan fingerprint density at radius 1 is 1.40 bits per heavy atom. The van der Waals surface area contributed by atoms with Crippen LogP contribution in [0.5, 0.6) is 5.75 Å².